The molecule has 3 atom stereocenters. The topological polar surface area (TPSA) is 119 Å². The van der Waals surface area contributed by atoms with Crippen LogP contribution in [0.3, 0.4) is 0 Å². The molecule has 0 radical (unpaired) electrons. The number of ketones is 1. The van der Waals surface area contributed by atoms with Crippen molar-refractivity contribution in [1.82, 2.24) is 10.2 Å². The van der Waals surface area contributed by atoms with Crippen LogP contribution in [0.2, 0.25) is 0 Å². The largest absolute Gasteiger partial charge is 0.444 e. The molecule has 0 aliphatic heterocycles. The summed E-state index contributed by atoms with van der Waals surface area (Å²) in [6, 6.07) is 24.4. The summed E-state index contributed by atoms with van der Waals surface area (Å²) in [5, 5.41) is 2.61. The maximum absolute atomic E-state index is 13.7. The number of nitrogens with two attached hydrogens (primary N) is 1. The van der Waals surface area contributed by atoms with E-state index >= 15 is 0 Å². The van der Waals surface area contributed by atoms with Gasteiger partial charge < -0.3 is 15.8 Å². The van der Waals surface area contributed by atoms with Gasteiger partial charge in [0.1, 0.15) is 12.6 Å². The first-order valence-electron chi connectivity index (χ1n) is 13.0. The van der Waals surface area contributed by atoms with E-state index in [1.54, 1.807) is 55.5 Å². The molecule has 0 fully saturated rings. The van der Waals surface area contributed by atoms with Crippen LogP contribution in [0.25, 0.3) is 0 Å². The third kappa shape index (κ3) is 8.35. The molecule has 8 nitrogen and oxygen atoms in total. The lowest BCUT2D eigenvalue weighted by atomic mass is 9.95. The molecule has 3 aromatic carbocycles. The Morgan fingerprint density at radius 1 is 0.821 bits per heavy atom. The van der Waals surface area contributed by atoms with Gasteiger partial charge in [-0.05, 0) is 22.6 Å². The standard InChI is InChI=1S/C31H35N3O5/c1-3-22(2)27(32)30(37)34(31(38)39-21-25-17-11-6-12-18-25)26(19-23-13-7-4-8-14-23)28(35)29(36)33-20-24-15-9-5-10-16-24/h4-18,22,26-27H,3,19-21,32H2,1-2H3,(H,33,36)/t22-,26-,27-/m0/s1. The van der Waals surface area contributed by atoms with Crippen LogP contribution < -0.4 is 11.1 Å². The first-order valence-corrected chi connectivity index (χ1v) is 13.0. The summed E-state index contributed by atoms with van der Waals surface area (Å²) in [6.45, 7) is 3.66. The number of amides is 3. The van der Waals surface area contributed by atoms with E-state index < -0.39 is 35.8 Å². The van der Waals surface area contributed by atoms with Crippen molar-refractivity contribution in [2.45, 2.75) is 51.9 Å². The van der Waals surface area contributed by atoms with Crippen molar-refractivity contribution in [3.63, 3.8) is 0 Å². The van der Waals surface area contributed by atoms with Crippen molar-refractivity contribution in [3.8, 4) is 0 Å². The molecule has 0 heterocycles. The van der Waals surface area contributed by atoms with E-state index in [0.717, 1.165) is 10.5 Å². The van der Waals surface area contributed by atoms with Crippen molar-refractivity contribution in [2.75, 3.05) is 0 Å². The highest BCUT2D eigenvalue weighted by atomic mass is 16.6. The van der Waals surface area contributed by atoms with E-state index in [9.17, 15) is 19.2 Å². The molecule has 8 heteroatoms. The SMILES string of the molecule is CC[C@H](C)[C@H](N)C(=O)N(C(=O)OCc1ccccc1)[C@@H](Cc1ccccc1)C(=O)C(=O)NCc1ccccc1. The Kier molecular flexibility index (Phi) is 10.9. The zero-order valence-corrected chi connectivity index (χ0v) is 22.3. The lowest BCUT2D eigenvalue weighted by molar-refractivity contribution is -0.145. The number of nitrogens with zero attached hydrogens (tertiary/aromatic N) is 1. The normalized spacial score (nSPS) is 13.0. The average molecular weight is 530 g/mol. The summed E-state index contributed by atoms with van der Waals surface area (Å²) in [4.78, 5) is 54.5. The lowest BCUT2D eigenvalue weighted by Crippen LogP contribution is -2.58. The molecule has 0 aliphatic carbocycles. The number of imide groups is 1. The predicted octanol–water partition coefficient (Wildman–Crippen LogP) is 4.02. The van der Waals surface area contributed by atoms with Crippen LogP contribution in [-0.2, 0) is 38.7 Å². The molecule has 3 rings (SSSR count). The second-order valence-corrected chi connectivity index (χ2v) is 9.40. The van der Waals surface area contributed by atoms with Crippen molar-refractivity contribution in [2.24, 2.45) is 11.7 Å². The van der Waals surface area contributed by atoms with Crippen LogP contribution in [0.5, 0.6) is 0 Å². The number of rotatable bonds is 12. The van der Waals surface area contributed by atoms with Crippen molar-refractivity contribution >= 4 is 23.7 Å². The lowest BCUT2D eigenvalue weighted by Gasteiger charge is -2.31. The zero-order chi connectivity index (χ0) is 28.2. The molecule has 0 unspecified atom stereocenters. The summed E-state index contributed by atoms with van der Waals surface area (Å²) in [5.74, 6) is -2.89. The van der Waals surface area contributed by atoms with Gasteiger partial charge in [0.05, 0.1) is 6.04 Å². The Balaban J connectivity index is 1.93. The van der Waals surface area contributed by atoms with Crippen molar-refractivity contribution in [3.05, 3.63) is 108 Å². The summed E-state index contributed by atoms with van der Waals surface area (Å²) in [6.07, 6.45) is -0.528. The highest BCUT2D eigenvalue weighted by Crippen LogP contribution is 2.18. The smallest absolute Gasteiger partial charge is 0.417 e. The number of carbonyl (C=O) groups excluding carboxylic acids is 4. The molecule has 0 aromatic heterocycles. The number of carbonyl (C=O) groups is 4. The van der Waals surface area contributed by atoms with Crippen LogP contribution >= 0.6 is 0 Å². The quantitative estimate of drug-likeness (QED) is 0.342. The molecule has 3 amide bonds. The Labute approximate surface area is 229 Å². The van der Waals surface area contributed by atoms with E-state index in [1.165, 1.54) is 0 Å². The Morgan fingerprint density at radius 2 is 1.33 bits per heavy atom. The molecule has 0 saturated heterocycles. The minimum Gasteiger partial charge on any atom is -0.444 e. The highest BCUT2D eigenvalue weighted by Gasteiger charge is 2.41. The van der Waals surface area contributed by atoms with Gasteiger partial charge in [-0.2, -0.15) is 0 Å². The van der Waals surface area contributed by atoms with Gasteiger partial charge in [0.25, 0.3) is 5.91 Å². The highest BCUT2D eigenvalue weighted by molar-refractivity contribution is 6.38. The fourth-order valence-corrected chi connectivity index (χ4v) is 3.97. The summed E-state index contributed by atoms with van der Waals surface area (Å²) < 4.78 is 5.48. The van der Waals surface area contributed by atoms with Crippen molar-refractivity contribution in [1.29, 1.82) is 0 Å². The number of hydrogen-bond donors (Lipinski definition) is 2. The predicted molar refractivity (Wildman–Crippen MR) is 148 cm³/mol. The van der Waals surface area contributed by atoms with Crippen molar-refractivity contribution < 1.29 is 23.9 Å². The average Bonchev–Trinajstić information content (AvgIpc) is 2.98. The van der Waals surface area contributed by atoms with Crippen LogP contribution in [0.1, 0.15) is 37.0 Å². The van der Waals surface area contributed by atoms with E-state index in [-0.39, 0.29) is 25.5 Å². The van der Waals surface area contributed by atoms with Gasteiger partial charge in [0.15, 0.2) is 0 Å². The number of nitrogens with one attached hydrogen (secondary N) is 1. The van der Waals surface area contributed by atoms with Gasteiger partial charge >= 0.3 is 6.09 Å². The van der Waals surface area contributed by atoms with Crippen LogP contribution in [0.15, 0.2) is 91.0 Å². The molecular weight excluding hydrogens is 494 g/mol. The maximum atomic E-state index is 13.7. The zero-order valence-electron chi connectivity index (χ0n) is 22.3. The van der Waals surface area contributed by atoms with E-state index in [1.807, 2.05) is 49.4 Å². The van der Waals surface area contributed by atoms with Crippen LogP contribution in [0, 0.1) is 5.92 Å². The first-order chi connectivity index (χ1) is 18.8. The molecule has 3 aromatic rings. The van der Waals surface area contributed by atoms with Gasteiger partial charge in [0.2, 0.25) is 11.7 Å². The summed E-state index contributed by atoms with van der Waals surface area (Å²) in [5.41, 5.74) is 8.42. The summed E-state index contributed by atoms with van der Waals surface area (Å²) >= 11 is 0. The third-order valence-electron chi connectivity index (χ3n) is 6.59. The molecule has 0 spiro atoms. The van der Waals surface area contributed by atoms with Gasteiger partial charge in [-0.1, -0.05) is 111 Å². The Bertz CT molecular complexity index is 1230. The molecule has 39 heavy (non-hydrogen) atoms. The number of benzene rings is 3. The minimum absolute atomic E-state index is 0.0716. The molecule has 0 saturated carbocycles. The molecule has 0 aliphatic rings. The van der Waals surface area contributed by atoms with E-state index in [0.29, 0.717) is 17.5 Å². The second kappa shape index (κ2) is 14.6. The second-order valence-electron chi connectivity index (χ2n) is 9.40. The van der Waals surface area contributed by atoms with Gasteiger partial charge in [0, 0.05) is 13.0 Å². The van der Waals surface area contributed by atoms with Gasteiger partial charge in [-0.25, -0.2) is 9.69 Å². The Morgan fingerprint density at radius 3 is 1.87 bits per heavy atom. The molecule has 3 N–H and O–H groups in total. The maximum Gasteiger partial charge on any atom is 0.417 e. The van der Waals surface area contributed by atoms with Crippen LogP contribution in [0.4, 0.5) is 4.79 Å². The molecule has 0 bridgehead atoms. The van der Waals surface area contributed by atoms with Gasteiger partial charge in [-0.15, -0.1) is 0 Å². The number of hydrogen-bond acceptors (Lipinski definition) is 6. The number of ether oxygens (including phenoxy) is 1. The first kappa shape index (κ1) is 29.3. The third-order valence-corrected chi connectivity index (χ3v) is 6.59. The minimum atomic E-state index is -1.45. The monoisotopic (exact) mass is 529 g/mol. The number of Topliss-reactive ketones (excluding diaryl/α,β-unsaturated/α-hetero) is 1. The van der Waals surface area contributed by atoms with Crippen LogP contribution in [-0.4, -0.2) is 40.7 Å². The fraction of sp³-hybridized carbons (Fsp3) is 0.290. The van der Waals surface area contributed by atoms with Gasteiger partial charge in [-0.3, -0.25) is 14.4 Å². The Hall–Kier alpha value is -4.30. The van der Waals surface area contributed by atoms with E-state index in [4.69, 9.17) is 10.5 Å². The summed E-state index contributed by atoms with van der Waals surface area (Å²) in [7, 11) is 0. The fourth-order valence-electron chi connectivity index (χ4n) is 3.97. The van der Waals surface area contributed by atoms with E-state index in [2.05, 4.69) is 5.32 Å². The molecule has 204 valence electrons. The molecular formula is C31H35N3O5.